The lowest BCUT2D eigenvalue weighted by Gasteiger charge is -2.27. The van der Waals surface area contributed by atoms with Gasteiger partial charge in [-0.05, 0) is 53.7 Å². The van der Waals surface area contributed by atoms with Crippen LogP contribution in [0.4, 0.5) is 0 Å². The Morgan fingerprint density at radius 2 is 2.05 bits per heavy atom. The van der Waals surface area contributed by atoms with Gasteiger partial charge in [0.1, 0.15) is 11.0 Å². The minimum Gasteiger partial charge on any atom is -0.236 e. The highest BCUT2D eigenvalue weighted by molar-refractivity contribution is 14.1. The Bertz CT molecular complexity index is 462. The molecule has 2 atom stereocenters. The summed E-state index contributed by atoms with van der Waals surface area (Å²) in [5.41, 5.74) is 1.13. The second kappa shape index (κ2) is 7.39. The lowest BCUT2D eigenvalue weighted by Crippen LogP contribution is -2.17. The van der Waals surface area contributed by atoms with Gasteiger partial charge >= 0.3 is 0 Å². The molecule has 2 rings (SSSR count). The van der Waals surface area contributed by atoms with E-state index in [2.05, 4.69) is 48.3 Å². The van der Waals surface area contributed by atoms with Crippen molar-refractivity contribution in [3.8, 4) is 0 Å². The van der Waals surface area contributed by atoms with Crippen LogP contribution in [-0.2, 0) is 6.42 Å². The van der Waals surface area contributed by atoms with Crippen LogP contribution in [0, 0.1) is 15.4 Å². The SMILES string of the molecule is CCC1CCCC(c2nc(Cl)c(I)c(CC(C)C)n2)C1. The van der Waals surface area contributed by atoms with E-state index in [1.807, 2.05) is 0 Å². The Kier molecular flexibility index (Phi) is 6.09. The van der Waals surface area contributed by atoms with Crippen molar-refractivity contribution in [3.05, 3.63) is 20.2 Å². The lowest BCUT2D eigenvalue weighted by atomic mass is 9.80. The summed E-state index contributed by atoms with van der Waals surface area (Å²) >= 11 is 8.61. The van der Waals surface area contributed by atoms with Gasteiger partial charge in [0.15, 0.2) is 0 Å². The third-order valence-electron chi connectivity index (χ3n) is 4.22. The normalized spacial score (nSPS) is 23.3. The van der Waals surface area contributed by atoms with Gasteiger partial charge in [0.2, 0.25) is 0 Å². The molecule has 1 saturated carbocycles. The van der Waals surface area contributed by atoms with Crippen molar-refractivity contribution in [3.63, 3.8) is 0 Å². The Morgan fingerprint density at radius 3 is 2.70 bits per heavy atom. The summed E-state index contributed by atoms with van der Waals surface area (Å²) in [7, 11) is 0. The molecule has 1 aromatic heterocycles. The van der Waals surface area contributed by atoms with E-state index in [0.717, 1.165) is 27.4 Å². The largest absolute Gasteiger partial charge is 0.236 e. The average molecular weight is 407 g/mol. The Hall–Kier alpha value is 0.1000. The van der Waals surface area contributed by atoms with Crippen molar-refractivity contribution in [1.29, 1.82) is 0 Å². The van der Waals surface area contributed by atoms with Gasteiger partial charge in [-0.25, -0.2) is 9.97 Å². The van der Waals surface area contributed by atoms with Crippen LogP contribution in [-0.4, -0.2) is 9.97 Å². The summed E-state index contributed by atoms with van der Waals surface area (Å²) < 4.78 is 1.03. The van der Waals surface area contributed by atoms with Gasteiger partial charge in [-0.2, -0.15) is 0 Å². The molecule has 2 unspecified atom stereocenters. The van der Waals surface area contributed by atoms with Crippen LogP contribution in [0.15, 0.2) is 0 Å². The molecule has 0 N–H and O–H groups in total. The lowest BCUT2D eigenvalue weighted by molar-refractivity contribution is 0.306. The highest BCUT2D eigenvalue weighted by Gasteiger charge is 2.25. The summed E-state index contributed by atoms with van der Waals surface area (Å²) in [6, 6.07) is 0. The van der Waals surface area contributed by atoms with E-state index in [9.17, 15) is 0 Å². The molecule has 0 spiro atoms. The minimum atomic E-state index is 0.508. The molecule has 0 bridgehead atoms. The van der Waals surface area contributed by atoms with E-state index in [0.29, 0.717) is 17.0 Å². The van der Waals surface area contributed by atoms with Crippen LogP contribution in [0.1, 0.15) is 70.3 Å². The fraction of sp³-hybridized carbons (Fsp3) is 0.750. The van der Waals surface area contributed by atoms with Crippen LogP contribution in [0.3, 0.4) is 0 Å². The van der Waals surface area contributed by atoms with Crippen molar-refractivity contribution < 1.29 is 0 Å². The predicted molar refractivity (Wildman–Crippen MR) is 93.3 cm³/mol. The zero-order chi connectivity index (χ0) is 14.7. The molecule has 4 heteroatoms. The fourth-order valence-electron chi connectivity index (χ4n) is 3.08. The maximum atomic E-state index is 6.33. The van der Waals surface area contributed by atoms with E-state index in [1.165, 1.54) is 32.1 Å². The van der Waals surface area contributed by atoms with Gasteiger partial charge in [0, 0.05) is 5.92 Å². The van der Waals surface area contributed by atoms with Crippen LogP contribution in [0.2, 0.25) is 5.15 Å². The van der Waals surface area contributed by atoms with Crippen molar-refractivity contribution in [2.24, 2.45) is 11.8 Å². The maximum absolute atomic E-state index is 6.33. The predicted octanol–water partition coefficient (Wildman–Crippen LogP) is 5.62. The van der Waals surface area contributed by atoms with Crippen molar-refractivity contribution >= 4 is 34.2 Å². The number of hydrogen-bond acceptors (Lipinski definition) is 2. The van der Waals surface area contributed by atoms with E-state index in [1.54, 1.807) is 0 Å². The molecule has 0 radical (unpaired) electrons. The Morgan fingerprint density at radius 1 is 1.30 bits per heavy atom. The third kappa shape index (κ3) is 4.06. The Balaban J connectivity index is 2.25. The third-order valence-corrected chi connectivity index (χ3v) is 5.95. The molecule has 112 valence electrons. The highest BCUT2D eigenvalue weighted by atomic mass is 127. The summed E-state index contributed by atoms with van der Waals surface area (Å²) in [5, 5.41) is 0.643. The molecule has 20 heavy (non-hydrogen) atoms. The first-order chi connectivity index (χ1) is 9.51. The van der Waals surface area contributed by atoms with Gasteiger partial charge < -0.3 is 0 Å². The van der Waals surface area contributed by atoms with Crippen LogP contribution < -0.4 is 0 Å². The first-order valence-corrected chi connectivity index (χ1v) is 9.18. The topological polar surface area (TPSA) is 25.8 Å². The molecule has 0 aromatic carbocycles. The zero-order valence-electron chi connectivity index (χ0n) is 12.6. The molecule has 0 amide bonds. The van der Waals surface area contributed by atoms with Crippen molar-refractivity contribution in [2.75, 3.05) is 0 Å². The summed E-state index contributed by atoms with van der Waals surface area (Å²) in [5.74, 6) is 2.93. The van der Waals surface area contributed by atoms with E-state index < -0.39 is 0 Å². The van der Waals surface area contributed by atoms with Crippen LogP contribution >= 0.6 is 34.2 Å². The van der Waals surface area contributed by atoms with E-state index in [-0.39, 0.29) is 0 Å². The van der Waals surface area contributed by atoms with Crippen molar-refractivity contribution in [1.82, 2.24) is 9.97 Å². The number of halogens is 2. The Labute approximate surface area is 141 Å². The van der Waals surface area contributed by atoms with Gasteiger partial charge in [0.05, 0.1) is 9.26 Å². The maximum Gasteiger partial charge on any atom is 0.146 e. The van der Waals surface area contributed by atoms with Gasteiger partial charge in [-0.15, -0.1) is 0 Å². The summed E-state index contributed by atoms with van der Waals surface area (Å²) in [6.07, 6.45) is 7.37. The minimum absolute atomic E-state index is 0.508. The van der Waals surface area contributed by atoms with E-state index >= 15 is 0 Å². The van der Waals surface area contributed by atoms with Crippen molar-refractivity contribution in [2.45, 2.75) is 65.2 Å². The number of nitrogens with zero attached hydrogens (tertiary/aromatic N) is 2. The average Bonchev–Trinajstić information content (AvgIpc) is 2.43. The van der Waals surface area contributed by atoms with E-state index in [4.69, 9.17) is 16.6 Å². The highest BCUT2D eigenvalue weighted by Crippen LogP contribution is 2.37. The molecule has 0 aliphatic heterocycles. The van der Waals surface area contributed by atoms with Gasteiger partial charge in [-0.3, -0.25) is 0 Å². The molecule has 0 saturated heterocycles. The fourth-order valence-corrected chi connectivity index (χ4v) is 3.74. The van der Waals surface area contributed by atoms with Gasteiger partial charge in [0.25, 0.3) is 0 Å². The van der Waals surface area contributed by atoms with Gasteiger partial charge in [-0.1, -0.05) is 51.6 Å². The second-order valence-corrected chi connectivity index (χ2v) is 7.81. The molecule has 1 aromatic rings. The first kappa shape index (κ1) is 16.5. The molecule has 1 aliphatic rings. The summed E-state index contributed by atoms with van der Waals surface area (Å²) in [4.78, 5) is 9.44. The number of hydrogen-bond donors (Lipinski definition) is 0. The molecular formula is C16H24ClIN2. The zero-order valence-corrected chi connectivity index (χ0v) is 15.5. The molecule has 1 aliphatic carbocycles. The number of rotatable bonds is 4. The quantitative estimate of drug-likeness (QED) is 0.479. The van der Waals surface area contributed by atoms with Crippen LogP contribution in [0.25, 0.3) is 0 Å². The monoisotopic (exact) mass is 406 g/mol. The molecule has 2 nitrogen and oxygen atoms in total. The standard InChI is InChI=1S/C16H24ClIN2/c1-4-11-6-5-7-12(9-11)16-19-13(8-10(2)3)14(18)15(17)20-16/h10-12H,4-9H2,1-3H3. The second-order valence-electron chi connectivity index (χ2n) is 6.37. The molecular weight excluding hydrogens is 383 g/mol. The molecule has 1 heterocycles. The van der Waals surface area contributed by atoms with Crippen LogP contribution in [0.5, 0.6) is 0 Å². The molecule has 1 fully saturated rings. The summed E-state index contributed by atoms with van der Waals surface area (Å²) in [6.45, 7) is 6.73. The first-order valence-electron chi connectivity index (χ1n) is 7.73. The smallest absolute Gasteiger partial charge is 0.146 e. The number of aromatic nitrogens is 2.